The van der Waals surface area contributed by atoms with E-state index in [4.69, 9.17) is 10.5 Å². The molecule has 0 saturated carbocycles. The molecule has 1 amide bonds. The molecule has 2 aromatic rings. The Balaban J connectivity index is 0.00000288. The Labute approximate surface area is 147 Å². The Morgan fingerprint density at radius 1 is 1.17 bits per heavy atom. The standard InChI is InChI=1S/C18H21FN2O2.ClH/c1-13(23-16-9-7-15(19)8-10-16)12-21-18(22)11-17(20)14-5-3-2-4-6-14;/h2-10,13,17H,11-12,20H2,1H3,(H,21,22);1H. The molecule has 4 nitrogen and oxygen atoms in total. The minimum Gasteiger partial charge on any atom is -0.489 e. The number of carbonyl (C=O) groups excluding carboxylic acids is 1. The molecule has 0 fully saturated rings. The third kappa shape index (κ3) is 6.56. The molecule has 0 aliphatic carbocycles. The summed E-state index contributed by atoms with van der Waals surface area (Å²) in [7, 11) is 0. The van der Waals surface area contributed by atoms with Gasteiger partial charge in [-0.2, -0.15) is 0 Å². The Morgan fingerprint density at radius 2 is 1.79 bits per heavy atom. The van der Waals surface area contributed by atoms with E-state index in [9.17, 15) is 9.18 Å². The van der Waals surface area contributed by atoms with Crippen molar-refractivity contribution in [3.63, 3.8) is 0 Å². The zero-order valence-corrected chi connectivity index (χ0v) is 14.3. The van der Waals surface area contributed by atoms with Gasteiger partial charge in [-0.3, -0.25) is 4.79 Å². The molecule has 2 atom stereocenters. The van der Waals surface area contributed by atoms with Crippen LogP contribution in [-0.2, 0) is 4.79 Å². The van der Waals surface area contributed by atoms with Crippen LogP contribution in [0.4, 0.5) is 4.39 Å². The highest BCUT2D eigenvalue weighted by atomic mass is 35.5. The molecule has 3 N–H and O–H groups in total. The van der Waals surface area contributed by atoms with Gasteiger partial charge in [0.15, 0.2) is 0 Å². The summed E-state index contributed by atoms with van der Waals surface area (Å²) in [4.78, 5) is 11.9. The molecule has 0 bridgehead atoms. The van der Waals surface area contributed by atoms with E-state index in [0.29, 0.717) is 12.3 Å². The lowest BCUT2D eigenvalue weighted by Gasteiger charge is -2.17. The third-order valence-electron chi connectivity index (χ3n) is 3.37. The van der Waals surface area contributed by atoms with Gasteiger partial charge in [0.1, 0.15) is 17.7 Å². The predicted octanol–water partition coefficient (Wildman–Crippen LogP) is 3.22. The minimum atomic E-state index is -0.329. The molecule has 0 aliphatic rings. The van der Waals surface area contributed by atoms with Crippen LogP contribution >= 0.6 is 12.4 Å². The molecule has 2 aromatic carbocycles. The van der Waals surface area contributed by atoms with Gasteiger partial charge in [-0.25, -0.2) is 4.39 Å². The number of nitrogens with one attached hydrogen (secondary N) is 1. The fourth-order valence-electron chi connectivity index (χ4n) is 2.13. The van der Waals surface area contributed by atoms with Crippen molar-refractivity contribution in [1.82, 2.24) is 5.32 Å². The summed E-state index contributed by atoms with van der Waals surface area (Å²) in [5, 5.41) is 2.80. The monoisotopic (exact) mass is 352 g/mol. The normalized spacial score (nSPS) is 12.6. The minimum absolute atomic E-state index is 0. The third-order valence-corrected chi connectivity index (χ3v) is 3.37. The predicted molar refractivity (Wildman–Crippen MR) is 94.7 cm³/mol. The summed E-state index contributed by atoms with van der Waals surface area (Å²) < 4.78 is 18.4. The number of halogens is 2. The van der Waals surface area contributed by atoms with Crippen molar-refractivity contribution >= 4 is 18.3 Å². The zero-order chi connectivity index (χ0) is 16.7. The molecular weight excluding hydrogens is 331 g/mol. The van der Waals surface area contributed by atoms with Crippen LogP contribution in [0.25, 0.3) is 0 Å². The number of carbonyl (C=O) groups is 1. The first kappa shape index (κ1) is 19.9. The van der Waals surface area contributed by atoms with Crippen LogP contribution in [0.2, 0.25) is 0 Å². The molecule has 0 spiro atoms. The van der Waals surface area contributed by atoms with Crippen molar-refractivity contribution < 1.29 is 13.9 Å². The Kier molecular flexibility index (Phi) is 8.22. The van der Waals surface area contributed by atoms with Gasteiger partial charge < -0.3 is 15.8 Å². The average Bonchev–Trinajstić information content (AvgIpc) is 2.56. The molecule has 0 radical (unpaired) electrons. The second-order valence-electron chi connectivity index (χ2n) is 5.41. The molecule has 130 valence electrons. The van der Waals surface area contributed by atoms with Crippen molar-refractivity contribution in [1.29, 1.82) is 0 Å². The van der Waals surface area contributed by atoms with Crippen molar-refractivity contribution in [2.24, 2.45) is 5.73 Å². The first-order valence-electron chi connectivity index (χ1n) is 7.54. The maximum Gasteiger partial charge on any atom is 0.222 e. The molecule has 0 aliphatic heterocycles. The van der Waals surface area contributed by atoms with Crippen LogP contribution in [0, 0.1) is 5.82 Å². The summed E-state index contributed by atoms with van der Waals surface area (Å²) in [6, 6.07) is 14.9. The lowest BCUT2D eigenvalue weighted by molar-refractivity contribution is -0.121. The van der Waals surface area contributed by atoms with Crippen LogP contribution in [0.1, 0.15) is 24.9 Å². The molecule has 6 heteroatoms. The molecule has 0 heterocycles. The van der Waals surface area contributed by atoms with Crippen LogP contribution in [-0.4, -0.2) is 18.6 Å². The van der Waals surface area contributed by atoms with E-state index in [-0.39, 0.29) is 42.7 Å². The molecule has 0 aromatic heterocycles. The van der Waals surface area contributed by atoms with E-state index >= 15 is 0 Å². The van der Waals surface area contributed by atoms with E-state index in [2.05, 4.69) is 5.32 Å². The van der Waals surface area contributed by atoms with E-state index in [0.717, 1.165) is 5.56 Å². The number of hydrogen-bond acceptors (Lipinski definition) is 3. The number of rotatable bonds is 7. The smallest absolute Gasteiger partial charge is 0.222 e. The quantitative estimate of drug-likeness (QED) is 0.804. The highest BCUT2D eigenvalue weighted by Crippen LogP contribution is 2.14. The van der Waals surface area contributed by atoms with Gasteiger partial charge in [0.2, 0.25) is 5.91 Å². The van der Waals surface area contributed by atoms with Gasteiger partial charge in [0.25, 0.3) is 0 Å². The topological polar surface area (TPSA) is 64.4 Å². The number of nitrogens with two attached hydrogens (primary N) is 1. The molecule has 2 unspecified atom stereocenters. The fourth-order valence-corrected chi connectivity index (χ4v) is 2.13. The maximum atomic E-state index is 12.8. The van der Waals surface area contributed by atoms with Gasteiger partial charge in [0, 0.05) is 12.5 Å². The lowest BCUT2D eigenvalue weighted by atomic mass is 10.0. The number of ether oxygens (including phenoxy) is 1. The highest BCUT2D eigenvalue weighted by Gasteiger charge is 2.12. The molecule has 0 saturated heterocycles. The number of amides is 1. The van der Waals surface area contributed by atoms with Gasteiger partial charge >= 0.3 is 0 Å². The van der Waals surface area contributed by atoms with Crippen molar-refractivity contribution in [3.05, 3.63) is 66.0 Å². The van der Waals surface area contributed by atoms with E-state index in [1.54, 1.807) is 12.1 Å². The second-order valence-corrected chi connectivity index (χ2v) is 5.41. The Hall–Kier alpha value is -2.11. The van der Waals surface area contributed by atoms with Gasteiger partial charge in [-0.05, 0) is 36.8 Å². The first-order chi connectivity index (χ1) is 11.0. The van der Waals surface area contributed by atoms with Gasteiger partial charge in [0.05, 0.1) is 6.54 Å². The molecule has 24 heavy (non-hydrogen) atoms. The summed E-state index contributed by atoms with van der Waals surface area (Å²) >= 11 is 0. The summed E-state index contributed by atoms with van der Waals surface area (Å²) in [6.07, 6.45) is -0.00911. The van der Waals surface area contributed by atoms with Crippen LogP contribution in [0.3, 0.4) is 0 Å². The number of benzene rings is 2. The SMILES string of the molecule is CC(CNC(=O)CC(N)c1ccccc1)Oc1ccc(F)cc1.Cl. The van der Waals surface area contributed by atoms with Gasteiger partial charge in [-0.1, -0.05) is 30.3 Å². The summed E-state index contributed by atoms with van der Waals surface area (Å²) in [6.45, 7) is 2.19. The first-order valence-corrected chi connectivity index (χ1v) is 7.54. The van der Waals surface area contributed by atoms with E-state index in [1.165, 1.54) is 12.1 Å². The highest BCUT2D eigenvalue weighted by molar-refractivity contribution is 5.85. The molecule has 2 rings (SSSR count). The number of hydrogen-bond donors (Lipinski definition) is 2. The Bertz CT molecular complexity index is 623. The van der Waals surface area contributed by atoms with Crippen molar-refractivity contribution in [2.45, 2.75) is 25.5 Å². The van der Waals surface area contributed by atoms with Crippen LogP contribution in [0.15, 0.2) is 54.6 Å². The van der Waals surface area contributed by atoms with E-state index < -0.39 is 0 Å². The second kappa shape index (κ2) is 9.90. The van der Waals surface area contributed by atoms with Crippen LogP contribution in [0.5, 0.6) is 5.75 Å². The summed E-state index contributed by atoms with van der Waals surface area (Å²) in [5.41, 5.74) is 6.94. The Morgan fingerprint density at radius 3 is 2.42 bits per heavy atom. The average molecular weight is 353 g/mol. The largest absolute Gasteiger partial charge is 0.489 e. The maximum absolute atomic E-state index is 12.8. The van der Waals surface area contributed by atoms with Gasteiger partial charge in [-0.15, -0.1) is 12.4 Å². The summed E-state index contributed by atoms with van der Waals surface area (Å²) in [5.74, 6) is 0.123. The van der Waals surface area contributed by atoms with Crippen LogP contribution < -0.4 is 15.8 Å². The van der Waals surface area contributed by atoms with E-state index in [1.807, 2.05) is 37.3 Å². The zero-order valence-electron chi connectivity index (χ0n) is 13.4. The lowest BCUT2D eigenvalue weighted by Crippen LogP contribution is -2.35. The fraction of sp³-hybridized carbons (Fsp3) is 0.278. The van der Waals surface area contributed by atoms with Crippen molar-refractivity contribution in [2.75, 3.05) is 6.54 Å². The van der Waals surface area contributed by atoms with Crippen molar-refractivity contribution in [3.8, 4) is 5.75 Å². The molecular formula is C18H22ClFN2O2.